The van der Waals surface area contributed by atoms with Crippen molar-refractivity contribution in [2.75, 3.05) is 5.32 Å². The fraction of sp³-hybridized carbons (Fsp3) is 0.133. The van der Waals surface area contributed by atoms with Crippen LogP contribution in [0.3, 0.4) is 0 Å². The molecule has 4 nitrogen and oxygen atoms in total. The molecule has 10 heteroatoms. The summed E-state index contributed by atoms with van der Waals surface area (Å²) in [6.45, 7) is 0. The fourth-order valence-corrected chi connectivity index (χ4v) is 3.81. The van der Waals surface area contributed by atoms with Gasteiger partial charge in [-0.2, -0.15) is 13.2 Å². The smallest absolute Gasteiger partial charge is 0.302 e. The predicted molar refractivity (Wildman–Crippen MR) is 92.0 cm³/mol. The SMILES string of the molecule is O=C(Cc1csc(-c2ccccc2Cl)n1)Nc1nc(C(F)(F)F)cs1. The van der Waals surface area contributed by atoms with Crippen molar-refractivity contribution in [1.82, 2.24) is 9.97 Å². The molecule has 0 saturated heterocycles. The summed E-state index contributed by atoms with van der Waals surface area (Å²) in [7, 11) is 0. The van der Waals surface area contributed by atoms with Crippen molar-refractivity contribution in [2.45, 2.75) is 12.6 Å². The highest BCUT2D eigenvalue weighted by Gasteiger charge is 2.33. The van der Waals surface area contributed by atoms with Gasteiger partial charge in [-0.05, 0) is 6.07 Å². The molecule has 2 aromatic heterocycles. The zero-order chi connectivity index (χ0) is 18.0. The molecule has 2 heterocycles. The number of carbonyl (C=O) groups excluding carboxylic acids is 1. The number of nitrogens with one attached hydrogen (secondary N) is 1. The van der Waals surface area contributed by atoms with Gasteiger partial charge in [0.25, 0.3) is 0 Å². The molecule has 1 aromatic carbocycles. The van der Waals surface area contributed by atoms with Crippen LogP contribution >= 0.6 is 34.3 Å². The lowest BCUT2D eigenvalue weighted by Crippen LogP contribution is -2.15. The number of benzene rings is 1. The minimum Gasteiger partial charge on any atom is -0.302 e. The highest BCUT2D eigenvalue weighted by molar-refractivity contribution is 7.14. The lowest BCUT2D eigenvalue weighted by atomic mass is 10.2. The third-order valence-corrected chi connectivity index (χ3v) is 5.05. The van der Waals surface area contributed by atoms with Crippen molar-refractivity contribution < 1.29 is 18.0 Å². The highest BCUT2D eigenvalue weighted by Crippen LogP contribution is 2.32. The molecule has 130 valence electrons. The van der Waals surface area contributed by atoms with Crippen LogP contribution in [0.4, 0.5) is 18.3 Å². The first kappa shape index (κ1) is 17.8. The van der Waals surface area contributed by atoms with E-state index in [4.69, 9.17) is 11.6 Å². The van der Waals surface area contributed by atoms with Gasteiger partial charge in [0, 0.05) is 16.3 Å². The minimum absolute atomic E-state index is 0.0676. The van der Waals surface area contributed by atoms with Crippen LogP contribution in [0, 0.1) is 0 Å². The van der Waals surface area contributed by atoms with E-state index >= 15 is 0 Å². The molecule has 0 aliphatic carbocycles. The fourth-order valence-electron chi connectivity index (χ4n) is 1.94. The van der Waals surface area contributed by atoms with Crippen molar-refractivity contribution in [3.8, 4) is 10.6 Å². The first-order valence-electron chi connectivity index (χ1n) is 6.85. The number of hydrogen-bond donors (Lipinski definition) is 1. The number of halogens is 4. The molecular formula is C15H9ClF3N3OS2. The Morgan fingerprint density at radius 1 is 1.16 bits per heavy atom. The van der Waals surface area contributed by atoms with E-state index < -0.39 is 17.8 Å². The van der Waals surface area contributed by atoms with Crippen molar-refractivity contribution >= 4 is 45.3 Å². The molecule has 3 aromatic rings. The molecule has 0 spiro atoms. The summed E-state index contributed by atoms with van der Waals surface area (Å²) in [6.07, 6.45) is -4.60. The summed E-state index contributed by atoms with van der Waals surface area (Å²) in [5, 5.41) is 6.04. The van der Waals surface area contributed by atoms with Crippen LogP contribution in [0.5, 0.6) is 0 Å². The molecule has 0 bridgehead atoms. The van der Waals surface area contributed by atoms with E-state index in [2.05, 4.69) is 15.3 Å². The first-order chi connectivity index (χ1) is 11.8. The molecule has 0 aliphatic rings. The van der Waals surface area contributed by atoms with Crippen molar-refractivity contribution in [2.24, 2.45) is 0 Å². The number of nitrogens with zero attached hydrogens (tertiary/aromatic N) is 2. The van der Waals surface area contributed by atoms with Crippen LogP contribution in [0.15, 0.2) is 35.0 Å². The second kappa shape index (κ2) is 7.11. The van der Waals surface area contributed by atoms with Gasteiger partial charge >= 0.3 is 6.18 Å². The standard InChI is InChI=1S/C15H9ClF3N3OS2/c16-10-4-2-1-3-9(10)13-20-8(6-24-13)5-12(23)22-14-21-11(7-25-14)15(17,18)19/h1-4,6-7H,5H2,(H,21,22,23). The summed E-state index contributed by atoms with van der Waals surface area (Å²) in [4.78, 5) is 19.7. The summed E-state index contributed by atoms with van der Waals surface area (Å²) >= 11 is 8.17. The van der Waals surface area contributed by atoms with Crippen LogP contribution in [-0.2, 0) is 17.4 Å². The zero-order valence-corrected chi connectivity index (χ0v) is 14.7. The maximum Gasteiger partial charge on any atom is 0.434 e. The monoisotopic (exact) mass is 403 g/mol. The van der Waals surface area contributed by atoms with Gasteiger partial charge in [0.1, 0.15) is 5.01 Å². The van der Waals surface area contributed by atoms with Crippen molar-refractivity contribution in [1.29, 1.82) is 0 Å². The van der Waals surface area contributed by atoms with Crippen LogP contribution in [0.1, 0.15) is 11.4 Å². The summed E-state index contributed by atoms with van der Waals surface area (Å²) in [6, 6.07) is 7.19. The summed E-state index contributed by atoms with van der Waals surface area (Å²) in [5.74, 6) is -0.487. The third-order valence-electron chi connectivity index (χ3n) is 3.04. The Balaban J connectivity index is 1.66. The summed E-state index contributed by atoms with van der Waals surface area (Å²) in [5.41, 5.74) is 0.239. The molecule has 0 fully saturated rings. The number of alkyl halides is 3. The molecule has 1 N–H and O–H groups in total. The number of aromatic nitrogens is 2. The predicted octanol–water partition coefficient (Wildman–Crippen LogP) is 5.12. The molecule has 3 rings (SSSR count). The van der Waals surface area contributed by atoms with E-state index in [1.54, 1.807) is 17.5 Å². The molecule has 1 amide bonds. The molecule has 0 aliphatic heterocycles. The van der Waals surface area contributed by atoms with Crippen molar-refractivity contribution in [3.05, 3.63) is 51.4 Å². The molecule has 0 radical (unpaired) electrons. The molecule has 0 saturated carbocycles. The molecule has 25 heavy (non-hydrogen) atoms. The van der Waals surface area contributed by atoms with E-state index in [0.717, 1.165) is 22.3 Å². The molecule has 0 atom stereocenters. The van der Waals surface area contributed by atoms with E-state index in [1.807, 2.05) is 12.1 Å². The van der Waals surface area contributed by atoms with Gasteiger partial charge in [0.2, 0.25) is 5.91 Å². The Labute approximate surface area is 153 Å². The van der Waals surface area contributed by atoms with E-state index in [-0.39, 0.29) is 11.6 Å². The van der Waals surface area contributed by atoms with Crippen LogP contribution in [-0.4, -0.2) is 15.9 Å². The second-order valence-corrected chi connectivity index (χ2v) is 7.01. The van der Waals surface area contributed by atoms with Crippen LogP contribution in [0.25, 0.3) is 10.6 Å². The van der Waals surface area contributed by atoms with E-state index in [9.17, 15) is 18.0 Å². The molecular weight excluding hydrogens is 395 g/mol. The molecule has 0 unspecified atom stereocenters. The first-order valence-corrected chi connectivity index (χ1v) is 8.98. The van der Waals surface area contributed by atoms with Gasteiger partial charge < -0.3 is 5.32 Å². The van der Waals surface area contributed by atoms with Gasteiger partial charge in [-0.15, -0.1) is 22.7 Å². The average Bonchev–Trinajstić information content (AvgIpc) is 3.17. The van der Waals surface area contributed by atoms with Gasteiger partial charge in [-0.1, -0.05) is 29.8 Å². The summed E-state index contributed by atoms with van der Waals surface area (Å²) < 4.78 is 37.5. The van der Waals surface area contributed by atoms with Crippen molar-refractivity contribution in [3.63, 3.8) is 0 Å². The average molecular weight is 404 g/mol. The second-order valence-electron chi connectivity index (χ2n) is 4.88. The van der Waals surface area contributed by atoms with Crippen LogP contribution < -0.4 is 5.32 Å². The maximum atomic E-state index is 12.5. The Morgan fingerprint density at radius 2 is 1.92 bits per heavy atom. The Hall–Kier alpha value is -1.97. The lowest BCUT2D eigenvalue weighted by molar-refractivity contribution is -0.140. The quantitative estimate of drug-likeness (QED) is 0.657. The lowest BCUT2D eigenvalue weighted by Gasteiger charge is -2.01. The number of hydrogen-bond acceptors (Lipinski definition) is 5. The Morgan fingerprint density at radius 3 is 2.60 bits per heavy atom. The number of thiazole rings is 2. The number of carbonyl (C=O) groups is 1. The van der Waals surface area contributed by atoms with E-state index in [1.165, 1.54) is 11.3 Å². The van der Waals surface area contributed by atoms with Gasteiger partial charge in [0.05, 0.1) is 17.1 Å². The number of rotatable bonds is 4. The number of amides is 1. The Kier molecular flexibility index (Phi) is 5.07. The van der Waals surface area contributed by atoms with Gasteiger partial charge in [-0.25, -0.2) is 9.97 Å². The third kappa shape index (κ3) is 4.36. The zero-order valence-electron chi connectivity index (χ0n) is 12.3. The Bertz CT molecular complexity index is 907. The van der Waals surface area contributed by atoms with Crippen LogP contribution in [0.2, 0.25) is 5.02 Å². The topological polar surface area (TPSA) is 54.9 Å². The highest BCUT2D eigenvalue weighted by atomic mass is 35.5. The maximum absolute atomic E-state index is 12.5. The van der Waals surface area contributed by atoms with Gasteiger partial charge in [-0.3, -0.25) is 4.79 Å². The van der Waals surface area contributed by atoms with E-state index in [0.29, 0.717) is 15.7 Å². The largest absolute Gasteiger partial charge is 0.434 e. The normalized spacial score (nSPS) is 11.5. The minimum atomic E-state index is -4.53. The van der Waals surface area contributed by atoms with Gasteiger partial charge in [0.15, 0.2) is 10.8 Å². The number of anilines is 1.